The van der Waals surface area contributed by atoms with E-state index >= 15 is 0 Å². The Bertz CT molecular complexity index is 397. The molecule has 1 aliphatic carbocycles. The van der Waals surface area contributed by atoms with Crippen molar-refractivity contribution in [3.8, 4) is 0 Å². The van der Waals surface area contributed by atoms with Crippen molar-refractivity contribution in [2.45, 2.75) is 49.7 Å². The molecule has 0 aliphatic heterocycles. The molecule has 0 saturated carbocycles. The second-order valence-electron chi connectivity index (χ2n) is 4.43. The predicted molar refractivity (Wildman–Crippen MR) is 52.3 cm³/mol. The van der Waals surface area contributed by atoms with Crippen molar-refractivity contribution in [3.63, 3.8) is 0 Å². The summed E-state index contributed by atoms with van der Waals surface area (Å²) in [6.45, 7) is 1.43. The average molecular weight is 305 g/mol. The Morgan fingerprint density at radius 2 is 1.75 bits per heavy atom. The van der Waals surface area contributed by atoms with Gasteiger partial charge in [-0.3, -0.25) is 4.79 Å². The second kappa shape index (κ2) is 4.94. The zero-order valence-electron chi connectivity index (χ0n) is 10.3. The van der Waals surface area contributed by atoms with Crippen LogP contribution in [-0.2, 0) is 9.53 Å². The van der Waals surface area contributed by atoms with Crippen molar-refractivity contribution in [3.05, 3.63) is 12.2 Å². The maximum Gasteiger partial charge on any atom is 0.399 e. The third kappa shape index (κ3) is 2.63. The maximum absolute atomic E-state index is 12.4. The van der Waals surface area contributed by atoms with Crippen molar-refractivity contribution in [1.29, 1.82) is 0 Å². The zero-order chi connectivity index (χ0) is 15.8. The molecule has 116 valence electrons. The topological polar surface area (TPSA) is 49.4 Å². The summed E-state index contributed by atoms with van der Waals surface area (Å²) in [4.78, 5) is 11.3. The Morgan fingerprint density at radius 1 is 1.25 bits per heavy atom. The average Bonchev–Trinajstić information content (AvgIpc) is 2.74. The van der Waals surface area contributed by atoms with E-state index in [9.17, 15) is 36.2 Å². The van der Waals surface area contributed by atoms with Crippen molar-refractivity contribution in [2.75, 3.05) is 0 Å². The van der Waals surface area contributed by atoms with Crippen LogP contribution in [0.25, 0.3) is 0 Å². The minimum atomic E-state index is -6.33. The van der Waals surface area contributed by atoms with Crippen LogP contribution in [0.2, 0.25) is 0 Å². The Hall–Kier alpha value is -1.25. The molecule has 9 heteroatoms. The van der Waals surface area contributed by atoms with E-state index in [0.717, 1.165) is 0 Å². The summed E-state index contributed by atoms with van der Waals surface area (Å²) in [6, 6.07) is 0. The fraction of sp³-hybridized carbons (Fsp3) is 0.727. The van der Waals surface area contributed by atoms with Gasteiger partial charge in [0.15, 0.2) is 5.60 Å². The van der Waals surface area contributed by atoms with Gasteiger partial charge in [0, 0.05) is 0 Å². The van der Waals surface area contributed by atoms with Gasteiger partial charge < -0.3 is 9.84 Å². The molecule has 1 unspecified atom stereocenters. The molecule has 3 nitrogen and oxygen atoms in total. The van der Waals surface area contributed by atoms with Gasteiger partial charge in [-0.1, -0.05) is 13.0 Å². The number of halogens is 6. The lowest BCUT2D eigenvalue weighted by Crippen LogP contribution is -2.72. The monoisotopic (exact) mass is 305 g/mol. The highest BCUT2D eigenvalue weighted by molar-refractivity contribution is 5.81. The molecule has 0 fully saturated rings. The summed E-state index contributed by atoms with van der Waals surface area (Å²) in [6.07, 6.45) is -9.64. The minimum Gasteiger partial charge on any atom is -0.828 e. The van der Waals surface area contributed by atoms with Crippen LogP contribution >= 0.6 is 0 Å². The number of allylic oxidation sites excluding steroid dienone is 1. The predicted octanol–water partition coefficient (Wildman–Crippen LogP) is 2.25. The Morgan fingerprint density at radius 3 is 2.05 bits per heavy atom. The van der Waals surface area contributed by atoms with Gasteiger partial charge in [-0.05, 0) is 25.3 Å². The molecular weight excluding hydrogens is 294 g/mol. The van der Waals surface area contributed by atoms with Crippen LogP contribution < -0.4 is 5.11 Å². The first-order valence-corrected chi connectivity index (χ1v) is 5.64. The van der Waals surface area contributed by atoms with Gasteiger partial charge in [-0.2, -0.15) is 26.3 Å². The van der Waals surface area contributed by atoms with Gasteiger partial charge >= 0.3 is 18.3 Å². The third-order valence-corrected chi connectivity index (χ3v) is 3.14. The van der Waals surface area contributed by atoms with E-state index in [-0.39, 0.29) is 12.8 Å². The maximum atomic E-state index is 12.4. The number of esters is 1. The van der Waals surface area contributed by atoms with Crippen LogP contribution in [0, 0.1) is 0 Å². The fourth-order valence-corrected chi connectivity index (χ4v) is 1.81. The highest BCUT2D eigenvalue weighted by Gasteiger charge is 2.68. The molecule has 0 bridgehead atoms. The molecule has 0 N–H and O–H groups in total. The highest BCUT2D eigenvalue weighted by atomic mass is 19.4. The number of alkyl halides is 6. The molecule has 0 aromatic heterocycles. The molecule has 1 atom stereocenters. The first-order valence-electron chi connectivity index (χ1n) is 5.64. The van der Waals surface area contributed by atoms with Gasteiger partial charge in [0.2, 0.25) is 0 Å². The highest BCUT2D eigenvalue weighted by Crippen LogP contribution is 2.43. The van der Waals surface area contributed by atoms with E-state index in [1.54, 1.807) is 0 Å². The molecule has 0 aromatic carbocycles. The number of carbonyl (C=O) groups excluding carboxylic acids is 1. The van der Waals surface area contributed by atoms with Crippen LogP contribution in [0.15, 0.2) is 12.2 Å². The van der Waals surface area contributed by atoms with E-state index < -0.39 is 29.5 Å². The summed E-state index contributed by atoms with van der Waals surface area (Å²) in [7, 11) is 0. The van der Waals surface area contributed by atoms with Gasteiger partial charge in [0.05, 0.1) is 0 Å². The smallest absolute Gasteiger partial charge is 0.399 e. The van der Waals surface area contributed by atoms with E-state index in [1.165, 1.54) is 19.1 Å². The Kier molecular flexibility index (Phi) is 4.15. The summed E-state index contributed by atoms with van der Waals surface area (Å²) < 4.78 is 78.7. The van der Waals surface area contributed by atoms with Crippen LogP contribution in [-0.4, -0.2) is 29.5 Å². The standard InChI is InChI=1S/C11H11F6O3/c1-2-8(5-3-4-6-8)20-7(18)9(19,10(12,13)14)11(15,16)17/h3,5H,2,4,6H2,1H3/q-1. The number of hydrogen-bond acceptors (Lipinski definition) is 3. The summed E-state index contributed by atoms with van der Waals surface area (Å²) in [5, 5.41) is 11.1. The van der Waals surface area contributed by atoms with Crippen LogP contribution in [0.5, 0.6) is 0 Å². The lowest BCUT2D eigenvalue weighted by Gasteiger charge is -2.42. The van der Waals surface area contributed by atoms with Gasteiger partial charge in [-0.25, -0.2) is 0 Å². The van der Waals surface area contributed by atoms with E-state index in [0.29, 0.717) is 6.42 Å². The normalized spacial score (nSPS) is 24.0. The molecule has 20 heavy (non-hydrogen) atoms. The molecule has 0 saturated heterocycles. The number of hydrogen-bond donors (Lipinski definition) is 0. The summed E-state index contributed by atoms with van der Waals surface area (Å²) in [5.74, 6) is -2.87. The molecule has 0 heterocycles. The van der Waals surface area contributed by atoms with Crippen LogP contribution in [0.4, 0.5) is 26.3 Å². The molecule has 0 spiro atoms. The molecular formula is C11H11F6O3-. The molecule has 0 amide bonds. The Balaban J connectivity index is 3.11. The molecule has 0 aromatic rings. The zero-order valence-corrected chi connectivity index (χ0v) is 10.3. The summed E-state index contributed by atoms with van der Waals surface area (Å²) >= 11 is 0. The van der Waals surface area contributed by atoms with Crippen molar-refractivity contribution < 1.29 is 41.0 Å². The van der Waals surface area contributed by atoms with Crippen molar-refractivity contribution in [1.82, 2.24) is 0 Å². The second-order valence-corrected chi connectivity index (χ2v) is 4.43. The Labute approximate surface area is 110 Å². The number of carbonyl (C=O) groups is 1. The van der Waals surface area contributed by atoms with Gasteiger partial charge in [-0.15, -0.1) is 0 Å². The quantitative estimate of drug-likeness (QED) is 0.456. The SMILES string of the molecule is CCC1(OC(=O)C([O-])(C(F)(F)F)C(F)(F)F)C=CCC1. The lowest BCUT2D eigenvalue weighted by atomic mass is 9.98. The third-order valence-electron chi connectivity index (χ3n) is 3.14. The van der Waals surface area contributed by atoms with E-state index in [4.69, 9.17) is 0 Å². The molecule has 0 radical (unpaired) electrons. The van der Waals surface area contributed by atoms with E-state index in [2.05, 4.69) is 4.74 Å². The van der Waals surface area contributed by atoms with Crippen LogP contribution in [0.1, 0.15) is 26.2 Å². The largest absolute Gasteiger partial charge is 0.828 e. The van der Waals surface area contributed by atoms with Crippen molar-refractivity contribution >= 4 is 5.97 Å². The molecule has 1 rings (SSSR count). The van der Waals surface area contributed by atoms with Crippen LogP contribution in [0.3, 0.4) is 0 Å². The summed E-state index contributed by atoms with van der Waals surface area (Å²) in [5.41, 5.74) is -7.36. The molecule has 1 aliphatic rings. The lowest BCUT2D eigenvalue weighted by molar-refractivity contribution is -0.575. The van der Waals surface area contributed by atoms with E-state index in [1.807, 2.05) is 0 Å². The first kappa shape index (κ1) is 16.8. The number of rotatable bonds is 3. The van der Waals surface area contributed by atoms with Crippen molar-refractivity contribution in [2.24, 2.45) is 0 Å². The number of ether oxygens (including phenoxy) is 1. The van der Waals surface area contributed by atoms with Gasteiger partial charge in [0.1, 0.15) is 5.60 Å². The van der Waals surface area contributed by atoms with Gasteiger partial charge in [0.25, 0.3) is 0 Å². The minimum absolute atomic E-state index is 0.0268. The first-order chi connectivity index (χ1) is 8.90. The fourth-order valence-electron chi connectivity index (χ4n) is 1.81.